The van der Waals surface area contributed by atoms with Crippen LogP contribution in [0.25, 0.3) is 0 Å². The van der Waals surface area contributed by atoms with E-state index in [-0.39, 0.29) is 11.7 Å². The highest BCUT2D eigenvalue weighted by Gasteiger charge is 2.57. The monoisotopic (exact) mass is 625 g/mol. The minimum Gasteiger partial charge on any atom is -0.373 e. The third-order valence-corrected chi connectivity index (χ3v) is 11.7. The second-order valence-electron chi connectivity index (χ2n) is 11.5. The topological polar surface area (TPSA) is 46.2 Å². The number of hydrogen-bond donors (Lipinski definition) is 0. The van der Waals surface area contributed by atoms with Crippen LogP contribution in [0.15, 0.2) is 91.0 Å². The van der Waals surface area contributed by atoms with E-state index in [4.69, 9.17) is 23.7 Å². The van der Waals surface area contributed by atoms with E-state index in [9.17, 15) is 0 Å². The molecule has 0 bridgehead atoms. The average molecular weight is 627 g/mol. The molecule has 0 spiro atoms. The number of hydrogen-bond acceptors (Lipinski definition) is 5. The van der Waals surface area contributed by atoms with Crippen molar-refractivity contribution in [1.29, 1.82) is 0 Å². The summed E-state index contributed by atoms with van der Waals surface area (Å²) < 4.78 is 32.7. The highest BCUT2D eigenvalue weighted by Crippen LogP contribution is 2.42. The molecule has 0 saturated carbocycles. The molecule has 0 aromatic heterocycles. The van der Waals surface area contributed by atoms with Crippen molar-refractivity contribution in [3.63, 3.8) is 0 Å². The normalized spacial score (nSPS) is 25.3. The van der Waals surface area contributed by atoms with Gasteiger partial charge < -0.3 is 23.7 Å². The molecular formula is C33H42BrO5Si. The van der Waals surface area contributed by atoms with Gasteiger partial charge in [0, 0.05) is 0 Å². The molecule has 3 aromatic rings. The van der Waals surface area contributed by atoms with E-state index in [1.807, 2.05) is 54.6 Å². The summed E-state index contributed by atoms with van der Waals surface area (Å²) in [4.78, 5) is 0. The molecule has 0 unspecified atom stereocenters. The highest BCUT2D eigenvalue weighted by molar-refractivity contribution is 9.10. The predicted molar refractivity (Wildman–Crippen MR) is 165 cm³/mol. The molecule has 0 N–H and O–H groups in total. The Hall–Kier alpha value is -1.84. The van der Waals surface area contributed by atoms with Crippen LogP contribution in [0, 0.1) is 0 Å². The number of benzene rings is 3. The lowest BCUT2D eigenvalue weighted by Crippen LogP contribution is -2.68. The molecule has 1 radical (unpaired) electrons. The highest BCUT2D eigenvalue weighted by atomic mass is 79.9. The van der Waals surface area contributed by atoms with E-state index < -0.39 is 31.2 Å². The lowest BCUT2D eigenvalue weighted by atomic mass is 9.98. The minimum atomic E-state index is -1.10. The van der Waals surface area contributed by atoms with Crippen molar-refractivity contribution < 1.29 is 23.7 Å². The van der Waals surface area contributed by atoms with Crippen LogP contribution in [-0.2, 0) is 43.5 Å². The summed E-state index contributed by atoms with van der Waals surface area (Å²) in [7, 11) is -1.10. The van der Waals surface area contributed by atoms with E-state index >= 15 is 0 Å². The molecule has 40 heavy (non-hydrogen) atoms. The van der Waals surface area contributed by atoms with Crippen LogP contribution in [0.5, 0.6) is 0 Å². The van der Waals surface area contributed by atoms with Gasteiger partial charge in [-0.2, -0.15) is 0 Å². The molecule has 1 aliphatic rings. The van der Waals surface area contributed by atoms with Gasteiger partial charge in [0.15, 0.2) is 0 Å². The van der Waals surface area contributed by atoms with Gasteiger partial charge in [-0.1, -0.05) is 120 Å². The van der Waals surface area contributed by atoms with Gasteiger partial charge in [-0.25, -0.2) is 0 Å². The van der Waals surface area contributed by atoms with Crippen LogP contribution >= 0.6 is 15.9 Å². The van der Waals surface area contributed by atoms with E-state index in [0.717, 1.165) is 16.7 Å². The molecule has 215 valence electrons. The average Bonchev–Trinajstić information content (AvgIpc) is 2.95. The van der Waals surface area contributed by atoms with Gasteiger partial charge in [-0.3, -0.25) is 0 Å². The van der Waals surface area contributed by atoms with Gasteiger partial charge in [0.05, 0.1) is 32.0 Å². The minimum absolute atomic E-state index is 0.324. The van der Waals surface area contributed by atoms with Crippen molar-refractivity contribution in [3.8, 4) is 0 Å². The zero-order valence-electron chi connectivity index (χ0n) is 24.2. The van der Waals surface area contributed by atoms with Crippen LogP contribution in [-0.4, -0.2) is 49.6 Å². The largest absolute Gasteiger partial charge is 0.373 e. The predicted octanol–water partition coefficient (Wildman–Crippen LogP) is 7.34. The first-order valence-corrected chi connectivity index (χ1v) is 17.2. The molecule has 0 aliphatic carbocycles. The van der Waals surface area contributed by atoms with Gasteiger partial charge >= 0.3 is 0 Å². The Morgan fingerprint density at radius 2 is 1.12 bits per heavy atom. The summed E-state index contributed by atoms with van der Waals surface area (Å²) in [6.07, 6.45) is -1.60. The summed E-state index contributed by atoms with van der Waals surface area (Å²) in [5.74, 6) is 0. The smallest absolute Gasteiger partial charge is 0.136 e. The summed E-state index contributed by atoms with van der Waals surface area (Å²) in [5, 5.41) is 0. The Morgan fingerprint density at radius 3 is 1.55 bits per heavy atom. The van der Waals surface area contributed by atoms with Crippen LogP contribution in [0.1, 0.15) is 37.5 Å². The fourth-order valence-electron chi connectivity index (χ4n) is 4.69. The fourth-order valence-corrected chi connectivity index (χ4v) is 6.53. The number of halogens is 1. The van der Waals surface area contributed by atoms with E-state index in [2.05, 4.69) is 86.2 Å². The van der Waals surface area contributed by atoms with E-state index in [1.54, 1.807) is 0 Å². The van der Waals surface area contributed by atoms with Crippen LogP contribution in [0.3, 0.4) is 0 Å². The third-order valence-electron chi connectivity index (χ3n) is 6.88. The van der Waals surface area contributed by atoms with Crippen LogP contribution < -0.4 is 0 Å². The summed E-state index contributed by atoms with van der Waals surface area (Å²) in [6, 6.07) is 30.7. The molecule has 1 aliphatic heterocycles. The molecule has 4 rings (SSSR count). The third kappa shape index (κ3) is 8.58. The first-order chi connectivity index (χ1) is 19.2. The molecule has 3 aromatic carbocycles. The summed E-state index contributed by atoms with van der Waals surface area (Å²) >= 11 is 4.06. The Labute approximate surface area is 249 Å². The first-order valence-electron chi connectivity index (χ1n) is 13.9. The maximum atomic E-state index is 6.92. The maximum Gasteiger partial charge on any atom is 0.136 e. The first kappa shape index (κ1) is 31.1. The lowest BCUT2D eigenvalue weighted by Gasteiger charge is -2.52. The van der Waals surface area contributed by atoms with Crippen molar-refractivity contribution in [1.82, 2.24) is 0 Å². The second kappa shape index (κ2) is 14.4. The van der Waals surface area contributed by atoms with Crippen LogP contribution in [0.2, 0.25) is 13.1 Å². The molecule has 5 nitrogen and oxygen atoms in total. The number of ether oxygens (including phenoxy) is 5. The Morgan fingerprint density at radius 1 is 0.700 bits per heavy atom. The molecule has 7 heteroatoms. The van der Waals surface area contributed by atoms with E-state index in [0.29, 0.717) is 26.4 Å². The zero-order chi connectivity index (χ0) is 28.6. The molecule has 1 fully saturated rings. The zero-order valence-corrected chi connectivity index (χ0v) is 26.8. The second-order valence-corrected chi connectivity index (χ2v) is 16.1. The fraction of sp³-hybridized carbons (Fsp3) is 0.455. The van der Waals surface area contributed by atoms with Crippen molar-refractivity contribution in [3.05, 3.63) is 108 Å². The summed E-state index contributed by atoms with van der Waals surface area (Å²) in [6.45, 7) is 12.3. The van der Waals surface area contributed by atoms with Gasteiger partial charge in [0.25, 0.3) is 0 Å². The standard InChI is InChI=1S/C33H42BrO5Si/c1-32(2,3)38-24-28-29(35-21-25-15-9-6-10-16-25)30(36-22-26-17-11-7-12-18-26)31(33(34,39-28)40(4)5)37-23-27-19-13-8-14-20-27/h6-20,28-31H,21-24H2,1-5H3/t28-,29-,30+,31-,33-/m1/s1. The quantitative estimate of drug-likeness (QED) is 0.156. The van der Waals surface area contributed by atoms with Gasteiger partial charge in [0.2, 0.25) is 0 Å². The van der Waals surface area contributed by atoms with E-state index in [1.165, 1.54) is 0 Å². The Kier molecular flexibility index (Phi) is 11.2. The molecule has 0 amide bonds. The van der Waals surface area contributed by atoms with Crippen LogP contribution in [0.4, 0.5) is 0 Å². The van der Waals surface area contributed by atoms with Gasteiger partial charge in [-0.05, 0) is 37.5 Å². The molecule has 5 atom stereocenters. The lowest BCUT2D eigenvalue weighted by molar-refractivity contribution is -0.268. The van der Waals surface area contributed by atoms with Crippen molar-refractivity contribution in [2.45, 2.75) is 87.8 Å². The maximum absolute atomic E-state index is 6.92. The SMILES string of the molecule is C[Si](C)[C@]1(Br)O[C@H](COC(C)(C)C)[C@@H](OCc2ccccc2)[C@H](OCc2ccccc2)[C@H]1OCc1ccccc1. The van der Waals surface area contributed by atoms with Gasteiger partial charge in [0.1, 0.15) is 37.3 Å². The van der Waals surface area contributed by atoms with Crippen molar-refractivity contribution in [2.24, 2.45) is 0 Å². The number of rotatable bonds is 12. The van der Waals surface area contributed by atoms with Crippen molar-refractivity contribution >= 4 is 24.7 Å². The molecular weight excluding hydrogens is 584 g/mol. The Bertz CT molecular complexity index is 1140. The molecule has 1 saturated heterocycles. The summed E-state index contributed by atoms with van der Waals surface area (Å²) in [5.41, 5.74) is 2.96. The number of alkyl halides is 1. The molecule has 1 heterocycles. The Balaban J connectivity index is 1.68. The van der Waals surface area contributed by atoms with Crippen molar-refractivity contribution in [2.75, 3.05) is 6.61 Å². The van der Waals surface area contributed by atoms with Gasteiger partial charge in [-0.15, -0.1) is 0 Å².